The standard InChI is InChI=1S/C45H75N3O2.CH2O3.CH3.Cr/c1-17-21-23-38(46-30-32-26-34(42(5,6)7)28-36(40(32)49)44(11,12)13)39(24-22-25-48(18-2,19-3)20-4)47-31-33-27-35(43(8,9)10)29-37(41(33)50)45(14,15)16;2-1(3)4;;/h26-31,38-39H,17-25H2,1-16H3,(H-,46,47,49,50);(H2,2,3,4);1H3;/q;;-1;/p+1. The van der Waals surface area contributed by atoms with Gasteiger partial charge in [0, 0.05) is 52.0 Å². The normalized spacial score (nSPS) is 13.8. The summed E-state index contributed by atoms with van der Waals surface area (Å²) in [7, 11) is 0. The van der Waals surface area contributed by atoms with E-state index >= 15 is 0 Å². The second kappa shape index (κ2) is 22.9. The molecule has 2 unspecified atom stereocenters. The van der Waals surface area contributed by atoms with Crippen LogP contribution in [0.3, 0.4) is 0 Å². The Morgan fingerprint density at radius 2 is 0.946 bits per heavy atom. The average molecular weight is 820 g/mol. The van der Waals surface area contributed by atoms with Crippen molar-refractivity contribution in [3.05, 3.63) is 65.1 Å². The smallest absolute Gasteiger partial charge is 0.503 e. The number of phenols is 2. The number of aliphatic imine (C=N–C) groups is 2. The van der Waals surface area contributed by atoms with Gasteiger partial charge in [-0.05, 0) is 85.0 Å². The third-order valence-corrected chi connectivity index (χ3v) is 10.9. The minimum absolute atomic E-state index is 0. The summed E-state index contributed by atoms with van der Waals surface area (Å²) in [6.07, 6.45) is 7.01. The topological polar surface area (TPSA) is 123 Å². The molecule has 56 heavy (non-hydrogen) atoms. The third kappa shape index (κ3) is 16.9. The van der Waals surface area contributed by atoms with Crippen molar-refractivity contribution in [2.24, 2.45) is 9.98 Å². The van der Waals surface area contributed by atoms with Crippen LogP contribution in [0.25, 0.3) is 0 Å². The molecule has 0 spiro atoms. The molecular formula is C47H81CrN3O5. The first-order valence-corrected chi connectivity index (χ1v) is 20.3. The van der Waals surface area contributed by atoms with Gasteiger partial charge in [0.15, 0.2) is 0 Å². The monoisotopic (exact) mass is 820 g/mol. The summed E-state index contributed by atoms with van der Waals surface area (Å²) in [6, 6.07) is 8.45. The van der Waals surface area contributed by atoms with Gasteiger partial charge in [-0.25, -0.2) is 4.79 Å². The van der Waals surface area contributed by atoms with E-state index in [1.807, 2.05) is 12.4 Å². The Labute approximate surface area is 353 Å². The van der Waals surface area contributed by atoms with Crippen molar-refractivity contribution >= 4 is 18.6 Å². The van der Waals surface area contributed by atoms with Gasteiger partial charge in [0.2, 0.25) is 0 Å². The van der Waals surface area contributed by atoms with Gasteiger partial charge in [0.1, 0.15) is 11.5 Å². The van der Waals surface area contributed by atoms with Gasteiger partial charge in [-0.3, -0.25) is 9.98 Å². The number of aromatic hydroxyl groups is 2. The van der Waals surface area contributed by atoms with E-state index < -0.39 is 6.16 Å². The minimum atomic E-state index is -1.83. The van der Waals surface area contributed by atoms with Gasteiger partial charge < -0.3 is 32.3 Å². The maximum atomic E-state index is 11.6. The molecule has 2 aromatic rings. The molecule has 8 nitrogen and oxygen atoms in total. The van der Waals surface area contributed by atoms with Crippen molar-refractivity contribution < 1.29 is 47.1 Å². The van der Waals surface area contributed by atoms with E-state index in [1.54, 1.807) is 0 Å². The van der Waals surface area contributed by atoms with Crippen LogP contribution in [0.1, 0.15) is 176 Å². The zero-order valence-electron chi connectivity index (χ0n) is 38.4. The van der Waals surface area contributed by atoms with Crippen LogP contribution in [-0.2, 0) is 39.0 Å². The first kappa shape index (κ1) is 55.2. The Morgan fingerprint density at radius 3 is 1.21 bits per heavy atom. The molecule has 9 heteroatoms. The predicted octanol–water partition coefficient (Wildman–Crippen LogP) is 12.1. The van der Waals surface area contributed by atoms with Crippen LogP contribution < -0.4 is 0 Å². The molecule has 0 aromatic heterocycles. The van der Waals surface area contributed by atoms with Crippen LogP contribution >= 0.6 is 0 Å². The summed E-state index contributed by atoms with van der Waals surface area (Å²) in [5.41, 5.74) is 5.28. The molecule has 0 aliphatic carbocycles. The van der Waals surface area contributed by atoms with Crippen molar-refractivity contribution in [2.75, 3.05) is 26.2 Å². The number of hydrogen-bond donors (Lipinski definition) is 4. The van der Waals surface area contributed by atoms with Crippen LogP contribution in [0.2, 0.25) is 0 Å². The zero-order valence-corrected chi connectivity index (χ0v) is 39.7. The maximum absolute atomic E-state index is 11.6. The molecule has 0 bridgehead atoms. The second-order valence-corrected chi connectivity index (χ2v) is 19.2. The average Bonchev–Trinajstić information content (AvgIpc) is 3.03. The summed E-state index contributed by atoms with van der Waals surface area (Å²) >= 11 is 0. The first-order chi connectivity index (χ1) is 24.7. The number of carboxylic acid groups (broad SMARTS) is 2. The molecular weight excluding hydrogens is 739 g/mol. The van der Waals surface area contributed by atoms with Gasteiger partial charge in [-0.2, -0.15) is 0 Å². The van der Waals surface area contributed by atoms with E-state index in [0.717, 1.165) is 85.0 Å². The minimum Gasteiger partial charge on any atom is -0.507 e. The molecule has 0 amide bonds. The summed E-state index contributed by atoms with van der Waals surface area (Å²) in [4.78, 5) is 19.2. The van der Waals surface area contributed by atoms with E-state index in [9.17, 15) is 10.2 Å². The molecule has 4 N–H and O–H groups in total. The van der Waals surface area contributed by atoms with E-state index in [1.165, 1.54) is 11.1 Å². The Bertz CT molecular complexity index is 1540. The zero-order chi connectivity index (χ0) is 41.9. The first-order valence-electron chi connectivity index (χ1n) is 20.3. The molecule has 0 saturated carbocycles. The fourth-order valence-corrected chi connectivity index (χ4v) is 6.80. The molecule has 0 aliphatic rings. The molecule has 0 radical (unpaired) electrons. The number of quaternary nitrogens is 1. The quantitative estimate of drug-likeness (QED) is 0.0809. The Hall–Kier alpha value is -2.86. The van der Waals surface area contributed by atoms with Crippen LogP contribution in [-0.4, -0.2) is 81.8 Å². The molecule has 2 aromatic carbocycles. The van der Waals surface area contributed by atoms with Gasteiger partial charge in [0.05, 0.1) is 38.3 Å². The number of hydrogen-bond acceptors (Lipinski definition) is 5. The van der Waals surface area contributed by atoms with E-state index in [-0.39, 0.29) is 58.5 Å². The van der Waals surface area contributed by atoms with Gasteiger partial charge in [-0.15, -0.1) is 0 Å². The van der Waals surface area contributed by atoms with Gasteiger partial charge in [0.25, 0.3) is 0 Å². The van der Waals surface area contributed by atoms with E-state index in [2.05, 4.69) is 135 Å². The molecule has 2 rings (SSSR count). The van der Waals surface area contributed by atoms with Crippen molar-refractivity contribution in [1.29, 1.82) is 0 Å². The summed E-state index contributed by atoms with van der Waals surface area (Å²) < 4.78 is 1.10. The third-order valence-electron chi connectivity index (χ3n) is 10.9. The number of phenolic OH excluding ortho intramolecular Hbond substituents is 2. The van der Waals surface area contributed by atoms with Crippen LogP contribution in [0.5, 0.6) is 11.5 Å². The largest absolute Gasteiger partial charge is 0.507 e. The summed E-state index contributed by atoms with van der Waals surface area (Å²) in [5.74, 6) is 0.636. The fraction of sp³-hybridized carbons (Fsp3) is 0.660. The maximum Gasteiger partial charge on any atom is 0.503 e. The molecule has 0 saturated heterocycles. The Morgan fingerprint density at radius 1 is 0.625 bits per heavy atom. The van der Waals surface area contributed by atoms with Crippen molar-refractivity contribution in [3.63, 3.8) is 0 Å². The molecule has 0 fully saturated rings. The Kier molecular flexibility index (Phi) is 22.6. The Balaban J connectivity index is 0. The molecule has 320 valence electrons. The van der Waals surface area contributed by atoms with Crippen LogP contribution in [0, 0.1) is 7.43 Å². The number of unbranched alkanes of at least 4 members (excludes halogenated alkanes) is 1. The van der Waals surface area contributed by atoms with Crippen LogP contribution in [0.4, 0.5) is 4.79 Å². The van der Waals surface area contributed by atoms with Crippen molar-refractivity contribution in [3.8, 4) is 11.5 Å². The second-order valence-electron chi connectivity index (χ2n) is 19.2. The SMILES string of the molecule is CCCCC(N=Cc1cc(C(C)(C)C)cc(C(C)(C)C)c1O)C(CCC[N+](CC)(CC)CC)N=Cc1cc(C(C)(C)C)cc(C(C)(C)C)c1O.O=C(O)O.[CH3-].[Cr]. The van der Waals surface area contributed by atoms with Crippen LogP contribution in [0.15, 0.2) is 34.3 Å². The number of carbonyl (C=O) groups is 1. The summed E-state index contributed by atoms with van der Waals surface area (Å²) in [6.45, 7) is 39.9. The molecule has 0 aliphatic heterocycles. The van der Waals surface area contributed by atoms with Crippen molar-refractivity contribution in [2.45, 2.75) is 177 Å². The predicted molar refractivity (Wildman–Crippen MR) is 236 cm³/mol. The van der Waals surface area contributed by atoms with Crippen molar-refractivity contribution in [1.82, 2.24) is 0 Å². The number of benzene rings is 2. The van der Waals surface area contributed by atoms with E-state index in [4.69, 9.17) is 25.0 Å². The summed E-state index contributed by atoms with van der Waals surface area (Å²) in [5, 5.41) is 37.1. The van der Waals surface area contributed by atoms with Gasteiger partial charge in [-0.1, -0.05) is 115 Å². The fourth-order valence-electron chi connectivity index (χ4n) is 6.80. The van der Waals surface area contributed by atoms with Gasteiger partial charge >= 0.3 is 6.16 Å². The number of nitrogens with zero attached hydrogens (tertiary/aromatic N) is 3. The van der Waals surface area contributed by atoms with E-state index in [0.29, 0.717) is 11.5 Å². The number of rotatable bonds is 15. The molecule has 0 heterocycles. The molecule has 2 atom stereocenters.